The first-order valence-corrected chi connectivity index (χ1v) is 7.21. The highest BCUT2D eigenvalue weighted by Crippen LogP contribution is 2.13. The van der Waals surface area contributed by atoms with Gasteiger partial charge in [-0.25, -0.2) is 4.79 Å². The first-order valence-electron chi connectivity index (χ1n) is 7.21. The molecule has 1 aromatic carbocycles. The summed E-state index contributed by atoms with van der Waals surface area (Å²) in [5.74, 6) is -0.289. The van der Waals surface area contributed by atoms with E-state index >= 15 is 0 Å². The van der Waals surface area contributed by atoms with E-state index in [1.165, 1.54) is 0 Å². The molecule has 22 heavy (non-hydrogen) atoms. The van der Waals surface area contributed by atoms with Crippen LogP contribution in [0, 0.1) is 11.3 Å². The van der Waals surface area contributed by atoms with E-state index in [0.29, 0.717) is 11.3 Å². The average Bonchev–Trinajstić information content (AvgIpc) is 3.07. The lowest BCUT2D eigenvalue weighted by atomic mass is 10.2. The van der Waals surface area contributed by atoms with E-state index in [-0.39, 0.29) is 12.5 Å². The summed E-state index contributed by atoms with van der Waals surface area (Å²) >= 11 is 0. The van der Waals surface area contributed by atoms with E-state index in [2.05, 4.69) is 0 Å². The third kappa shape index (κ3) is 4.22. The van der Waals surface area contributed by atoms with Gasteiger partial charge in [0.25, 0.3) is 5.91 Å². The van der Waals surface area contributed by atoms with Crippen LogP contribution in [0.5, 0.6) is 5.75 Å². The summed E-state index contributed by atoms with van der Waals surface area (Å²) in [5.41, 5.74) is 0.514. The van der Waals surface area contributed by atoms with E-state index in [4.69, 9.17) is 14.7 Å². The van der Waals surface area contributed by atoms with Crippen LogP contribution in [-0.4, -0.2) is 42.6 Å². The Labute approximate surface area is 129 Å². The van der Waals surface area contributed by atoms with Crippen LogP contribution >= 0.6 is 0 Å². The maximum Gasteiger partial charge on any atom is 0.344 e. The molecule has 0 aliphatic carbocycles. The minimum absolute atomic E-state index is 0.163. The van der Waals surface area contributed by atoms with E-state index < -0.39 is 12.1 Å². The van der Waals surface area contributed by atoms with Crippen molar-refractivity contribution >= 4 is 11.9 Å². The Balaban J connectivity index is 1.77. The van der Waals surface area contributed by atoms with Crippen molar-refractivity contribution in [2.75, 3.05) is 19.7 Å². The molecule has 1 aliphatic heterocycles. The van der Waals surface area contributed by atoms with Crippen molar-refractivity contribution in [3.05, 3.63) is 29.8 Å². The van der Waals surface area contributed by atoms with Crippen molar-refractivity contribution in [1.29, 1.82) is 5.26 Å². The molecule has 1 atom stereocenters. The summed E-state index contributed by atoms with van der Waals surface area (Å²) in [6.07, 6.45) is 1.19. The van der Waals surface area contributed by atoms with Crippen LogP contribution in [-0.2, 0) is 14.3 Å². The lowest BCUT2D eigenvalue weighted by Crippen LogP contribution is -2.38. The molecule has 0 unspecified atom stereocenters. The van der Waals surface area contributed by atoms with Crippen molar-refractivity contribution in [2.24, 2.45) is 0 Å². The third-order valence-electron chi connectivity index (χ3n) is 3.41. The van der Waals surface area contributed by atoms with Crippen LogP contribution in [0.15, 0.2) is 24.3 Å². The lowest BCUT2D eigenvalue weighted by Gasteiger charge is -2.20. The van der Waals surface area contributed by atoms with Crippen LogP contribution < -0.4 is 4.74 Å². The van der Waals surface area contributed by atoms with Gasteiger partial charge < -0.3 is 14.4 Å². The molecular weight excluding hydrogens is 284 g/mol. The molecule has 116 valence electrons. The Bertz CT molecular complexity index is 571. The van der Waals surface area contributed by atoms with Gasteiger partial charge in [-0.1, -0.05) is 0 Å². The Kier molecular flexibility index (Phi) is 5.37. The number of ether oxygens (including phenoxy) is 2. The Hall–Kier alpha value is -2.55. The van der Waals surface area contributed by atoms with Gasteiger partial charge >= 0.3 is 5.97 Å². The molecule has 1 aliphatic rings. The molecule has 1 amide bonds. The fourth-order valence-corrected chi connectivity index (χ4v) is 2.24. The van der Waals surface area contributed by atoms with Crippen LogP contribution in [0.4, 0.5) is 0 Å². The van der Waals surface area contributed by atoms with Gasteiger partial charge in [-0.2, -0.15) is 5.26 Å². The molecule has 0 bridgehead atoms. The van der Waals surface area contributed by atoms with E-state index in [1.54, 1.807) is 36.1 Å². The number of nitrogens with zero attached hydrogens (tertiary/aromatic N) is 2. The third-order valence-corrected chi connectivity index (χ3v) is 3.41. The van der Waals surface area contributed by atoms with Crippen molar-refractivity contribution in [3.8, 4) is 11.8 Å². The number of hydrogen-bond acceptors (Lipinski definition) is 5. The predicted octanol–water partition coefficient (Wildman–Crippen LogP) is 1.49. The number of rotatable bonds is 5. The topological polar surface area (TPSA) is 79.6 Å². The second-order valence-corrected chi connectivity index (χ2v) is 5.09. The number of esters is 1. The van der Waals surface area contributed by atoms with Crippen LogP contribution in [0.3, 0.4) is 0 Å². The maximum absolute atomic E-state index is 12.0. The largest absolute Gasteiger partial charge is 0.482 e. The molecule has 1 heterocycles. The molecule has 0 radical (unpaired) electrons. The van der Waals surface area contributed by atoms with Crippen LogP contribution in [0.2, 0.25) is 0 Å². The average molecular weight is 302 g/mol. The molecule has 6 heteroatoms. The first kappa shape index (κ1) is 15.8. The number of amides is 1. The van der Waals surface area contributed by atoms with Crippen molar-refractivity contribution < 1.29 is 19.1 Å². The summed E-state index contributed by atoms with van der Waals surface area (Å²) in [4.78, 5) is 25.4. The zero-order valence-corrected chi connectivity index (χ0v) is 12.4. The minimum atomic E-state index is -0.796. The van der Waals surface area contributed by atoms with Gasteiger partial charge in [-0.3, -0.25) is 4.79 Å². The molecule has 2 rings (SSSR count). The van der Waals surface area contributed by atoms with E-state index in [9.17, 15) is 9.59 Å². The number of likely N-dealkylation sites (tertiary alicyclic amines) is 1. The van der Waals surface area contributed by atoms with Crippen molar-refractivity contribution in [2.45, 2.75) is 25.9 Å². The second kappa shape index (κ2) is 7.46. The highest BCUT2D eigenvalue weighted by molar-refractivity contribution is 5.84. The molecule has 0 aromatic heterocycles. The van der Waals surface area contributed by atoms with Crippen molar-refractivity contribution in [3.63, 3.8) is 0 Å². The summed E-state index contributed by atoms with van der Waals surface area (Å²) in [6.45, 7) is 2.74. The predicted molar refractivity (Wildman–Crippen MR) is 78.0 cm³/mol. The molecule has 0 spiro atoms. The van der Waals surface area contributed by atoms with Gasteiger partial charge in [0.1, 0.15) is 5.75 Å². The monoisotopic (exact) mass is 302 g/mol. The molecule has 1 aromatic rings. The fourth-order valence-electron chi connectivity index (χ4n) is 2.24. The minimum Gasteiger partial charge on any atom is -0.482 e. The second-order valence-electron chi connectivity index (χ2n) is 5.09. The number of benzene rings is 1. The number of hydrogen-bond donors (Lipinski definition) is 0. The highest BCUT2D eigenvalue weighted by Gasteiger charge is 2.25. The number of carbonyl (C=O) groups is 2. The molecular formula is C16H18N2O4. The molecule has 1 saturated heterocycles. The summed E-state index contributed by atoms with van der Waals surface area (Å²) < 4.78 is 10.3. The van der Waals surface area contributed by atoms with Gasteiger partial charge in [0.2, 0.25) is 0 Å². The Morgan fingerprint density at radius 2 is 1.91 bits per heavy atom. The molecule has 0 N–H and O–H groups in total. The highest BCUT2D eigenvalue weighted by atomic mass is 16.6. The van der Waals surface area contributed by atoms with Crippen LogP contribution in [0.1, 0.15) is 25.3 Å². The zero-order chi connectivity index (χ0) is 15.9. The van der Waals surface area contributed by atoms with Gasteiger partial charge in [0.05, 0.1) is 11.6 Å². The summed E-state index contributed by atoms with van der Waals surface area (Å²) in [5, 5.41) is 8.69. The Morgan fingerprint density at radius 1 is 1.27 bits per heavy atom. The van der Waals surface area contributed by atoms with Gasteiger partial charge in [0.15, 0.2) is 12.7 Å². The maximum atomic E-state index is 12.0. The quantitative estimate of drug-likeness (QED) is 0.770. The SMILES string of the molecule is C[C@H](OC(=O)COc1ccc(C#N)cc1)C(=O)N1CCCC1. The molecule has 6 nitrogen and oxygen atoms in total. The summed E-state index contributed by atoms with van der Waals surface area (Å²) in [6, 6.07) is 8.39. The van der Waals surface area contributed by atoms with Gasteiger partial charge in [-0.15, -0.1) is 0 Å². The van der Waals surface area contributed by atoms with Gasteiger partial charge in [0, 0.05) is 13.1 Å². The van der Waals surface area contributed by atoms with Crippen molar-refractivity contribution in [1.82, 2.24) is 4.90 Å². The standard InChI is InChI=1S/C16H18N2O4/c1-12(16(20)18-8-2-3-9-18)22-15(19)11-21-14-6-4-13(10-17)5-7-14/h4-7,12H,2-3,8-9,11H2,1H3/t12-/m0/s1. The Morgan fingerprint density at radius 3 is 2.50 bits per heavy atom. The smallest absolute Gasteiger partial charge is 0.344 e. The first-order chi connectivity index (χ1) is 10.6. The van der Waals surface area contributed by atoms with E-state index in [1.807, 2.05) is 6.07 Å². The molecule has 1 fully saturated rings. The molecule has 0 saturated carbocycles. The summed E-state index contributed by atoms with van der Waals surface area (Å²) in [7, 11) is 0. The zero-order valence-electron chi connectivity index (χ0n) is 12.4. The normalized spacial score (nSPS) is 15.0. The fraction of sp³-hybridized carbons (Fsp3) is 0.438. The van der Waals surface area contributed by atoms with Crippen LogP contribution in [0.25, 0.3) is 0 Å². The lowest BCUT2D eigenvalue weighted by molar-refractivity contribution is -0.160. The number of nitriles is 1. The number of carbonyl (C=O) groups excluding carboxylic acids is 2. The van der Waals surface area contributed by atoms with Gasteiger partial charge in [-0.05, 0) is 44.0 Å². The van der Waals surface area contributed by atoms with E-state index in [0.717, 1.165) is 25.9 Å².